The molecule has 2 aromatic rings. The van der Waals surface area contributed by atoms with Crippen LogP contribution < -0.4 is 0 Å². The van der Waals surface area contributed by atoms with Gasteiger partial charge in [0, 0.05) is 0 Å². The van der Waals surface area contributed by atoms with Crippen LogP contribution >= 0.6 is 0 Å². The van der Waals surface area contributed by atoms with Gasteiger partial charge < -0.3 is 10.2 Å². The SMILES string of the molecule is CCCc1c(O)ccc(Cc2ccc(O)c(CCC)c2C)c1C. The summed E-state index contributed by atoms with van der Waals surface area (Å²) in [5, 5.41) is 20.2. The fourth-order valence-electron chi connectivity index (χ4n) is 3.30. The maximum atomic E-state index is 10.1. The van der Waals surface area contributed by atoms with Gasteiger partial charge >= 0.3 is 0 Å². The van der Waals surface area contributed by atoms with Gasteiger partial charge in [0.25, 0.3) is 0 Å². The average Bonchev–Trinajstić information content (AvgIpc) is 2.53. The van der Waals surface area contributed by atoms with Gasteiger partial charge in [0.1, 0.15) is 11.5 Å². The Bertz CT molecular complexity index is 627. The number of aromatic hydroxyl groups is 2. The minimum atomic E-state index is 0.405. The van der Waals surface area contributed by atoms with Crippen LogP contribution in [0.15, 0.2) is 24.3 Å². The van der Waals surface area contributed by atoms with Crippen molar-refractivity contribution in [3.8, 4) is 11.5 Å². The summed E-state index contributed by atoms with van der Waals surface area (Å²) in [7, 11) is 0. The van der Waals surface area contributed by atoms with Gasteiger partial charge in [-0.25, -0.2) is 0 Å². The Hall–Kier alpha value is -1.96. The van der Waals surface area contributed by atoms with Gasteiger partial charge in [0.05, 0.1) is 0 Å². The van der Waals surface area contributed by atoms with Crippen molar-refractivity contribution >= 4 is 0 Å². The summed E-state index contributed by atoms with van der Waals surface area (Å²) < 4.78 is 0. The molecule has 0 radical (unpaired) electrons. The van der Waals surface area contributed by atoms with Gasteiger partial charge in [-0.05, 0) is 78.6 Å². The number of hydrogen-bond donors (Lipinski definition) is 2. The smallest absolute Gasteiger partial charge is 0.119 e. The summed E-state index contributed by atoms with van der Waals surface area (Å²) >= 11 is 0. The molecule has 2 aromatic carbocycles. The molecule has 0 heterocycles. The second kappa shape index (κ2) is 7.54. The predicted molar refractivity (Wildman–Crippen MR) is 96.5 cm³/mol. The maximum Gasteiger partial charge on any atom is 0.119 e. The van der Waals surface area contributed by atoms with Gasteiger partial charge in [0.15, 0.2) is 0 Å². The first kappa shape index (κ1) is 17.4. The number of hydrogen-bond acceptors (Lipinski definition) is 2. The lowest BCUT2D eigenvalue weighted by Crippen LogP contribution is -2.01. The third-order valence-electron chi connectivity index (χ3n) is 4.75. The van der Waals surface area contributed by atoms with Crippen LogP contribution in [0.5, 0.6) is 11.5 Å². The molecule has 0 aromatic heterocycles. The van der Waals surface area contributed by atoms with Gasteiger partial charge in [0.2, 0.25) is 0 Å². The average molecular weight is 312 g/mol. The second-order valence-electron chi connectivity index (χ2n) is 6.37. The normalized spacial score (nSPS) is 11.0. The van der Waals surface area contributed by atoms with E-state index in [2.05, 4.69) is 27.7 Å². The van der Waals surface area contributed by atoms with Crippen LogP contribution in [0.3, 0.4) is 0 Å². The number of benzene rings is 2. The molecular formula is C21H28O2. The topological polar surface area (TPSA) is 40.5 Å². The molecule has 0 bridgehead atoms. The Labute approximate surface area is 139 Å². The van der Waals surface area contributed by atoms with E-state index in [1.54, 1.807) is 0 Å². The Balaban J connectivity index is 2.40. The molecule has 124 valence electrons. The van der Waals surface area contributed by atoms with Crippen LogP contribution in [0.25, 0.3) is 0 Å². The standard InChI is InChI=1S/C21H28O2/c1-5-7-18-14(3)16(9-11-20(18)22)13-17-10-12-21(23)19(8-6-2)15(17)4/h9-12,22-23H,5-8,13H2,1-4H3. The first-order chi connectivity index (χ1) is 11.0. The van der Waals surface area contributed by atoms with E-state index >= 15 is 0 Å². The minimum absolute atomic E-state index is 0.405. The molecule has 0 amide bonds. The molecule has 0 saturated carbocycles. The molecule has 2 heteroatoms. The van der Waals surface area contributed by atoms with E-state index in [0.717, 1.165) is 43.2 Å². The molecule has 2 N–H and O–H groups in total. The van der Waals surface area contributed by atoms with Gasteiger partial charge in [-0.15, -0.1) is 0 Å². The largest absolute Gasteiger partial charge is 0.508 e. The van der Waals surface area contributed by atoms with Gasteiger partial charge in [-0.3, -0.25) is 0 Å². The van der Waals surface area contributed by atoms with Crippen LogP contribution in [0.1, 0.15) is 60.1 Å². The molecule has 2 nitrogen and oxygen atoms in total. The highest BCUT2D eigenvalue weighted by atomic mass is 16.3. The van der Waals surface area contributed by atoms with Crippen LogP contribution in [-0.2, 0) is 19.3 Å². The minimum Gasteiger partial charge on any atom is -0.508 e. The fourth-order valence-corrected chi connectivity index (χ4v) is 3.30. The zero-order valence-corrected chi connectivity index (χ0v) is 14.7. The molecule has 0 aliphatic carbocycles. The first-order valence-electron chi connectivity index (χ1n) is 8.60. The van der Waals surface area contributed by atoms with Gasteiger partial charge in [-0.2, -0.15) is 0 Å². The molecule has 0 aliphatic rings. The molecule has 0 saturated heterocycles. The second-order valence-corrected chi connectivity index (χ2v) is 6.37. The summed E-state index contributed by atoms with van der Waals surface area (Å²) in [4.78, 5) is 0. The molecule has 0 spiro atoms. The molecule has 0 atom stereocenters. The lowest BCUT2D eigenvalue weighted by Gasteiger charge is -2.16. The highest BCUT2D eigenvalue weighted by Gasteiger charge is 2.13. The van der Waals surface area contributed by atoms with Crippen molar-refractivity contribution in [3.05, 3.63) is 57.6 Å². The van der Waals surface area contributed by atoms with Crippen molar-refractivity contribution in [1.29, 1.82) is 0 Å². The lowest BCUT2D eigenvalue weighted by molar-refractivity contribution is 0.466. The van der Waals surface area contributed by atoms with E-state index in [9.17, 15) is 10.2 Å². The quantitative estimate of drug-likeness (QED) is 0.768. The lowest BCUT2D eigenvalue weighted by atomic mass is 9.90. The number of rotatable bonds is 6. The van der Waals surface area contributed by atoms with Crippen LogP contribution in [0.4, 0.5) is 0 Å². The van der Waals surface area contributed by atoms with E-state index < -0.39 is 0 Å². The molecule has 2 rings (SSSR count). The van der Waals surface area contributed by atoms with E-state index in [1.165, 1.54) is 22.3 Å². The van der Waals surface area contributed by atoms with E-state index in [4.69, 9.17) is 0 Å². The number of phenolic OH excluding ortho intramolecular Hbond substituents is 2. The number of phenols is 2. The Morgan fingerprint density at radius 1 is 0.696 bits per heavy atom. The Kier molecular flexibility index (Phi) is 5.70. The van der Waals surface area contributed by atoms with Crippen molar-refractivity contribution < 1.29 is 10.2 Å². The van der Waals surface area contributed by atoms with Gasteiger partial charge in [-0.1, -0.05) is 38.8 Å². The molecule has 0 unspecified atom stereocenters. The third kappa shape index (κ3) is 3.69. The molecule has 0 fully saturated rings. The van der Waals surface area contributed by atoms with Crippen LogP contribution in [-0.4, -0.2) is 10.2 Å². The third-order valence-corrected chi connectivity index (χ3v) is 4.75. The van der Waals surface area contributed by atoms with Crippen molar-refractivity contribution in [2.45, 2.75) is 59.8 Å². The molecular weight excluding hydrogens is 284 g/mol. The fraction of sp³-hybridized carbons (Fsp3) is 0.429. The van der Waals surface area contributed by atoms with Crippen molar-refractivity contribution in [2.24, 2.45) is 0 Å². The van der Waals surface area contributed by atoms with E-state index in [0.29, 0.717) is 11.5 Å². The van der Waals surface area contributed by atoms with Crippen molar-refractivity contribution in [2.75, 3.05) is 0 Å². The molecule has 0 aliphatic heterocycles. The zero-order valence-electron chi connectivity index (χ0n) is 14.7. The van der Waals surface area contributed by atoms with E-state index in [1.807, 2.05) is 24.3 Å². The highest BCUT2D eigenvalue weighted by Crippen LogP contribution is 2.30. The zero-order chi connectivity index (χ0) is 17.0. The maximum absolute atomic E-state index is 10.1. The Morgan fingerprint density at radius 3 is 1.43 bits per heavy atom. The summed E-state index contributed by atoms with van der Waals surface area (Å²) in [6.45, 7) is 8.46. The summed E-state index contributed by atoms with van der Waals surface area (Å²) in [6.07, 6.45) is 4.70. The summed E-state index contributed by atoms with van der Waals surface area (Å²) in [6, 6.07) is 7.68. The molecule has 23 heavy (non-hydrogen) atoms. The first-order valence-corrected chi connectivity index (χ1v) is 8.60. The Morgan fingerprint density at radius 2 is 1.09 bits per heavy atom. The van der Waals surface area contributed by atoms with Crippen molar-refractivity contribution in [3.63, 3.8) is 0 Å². The summed E-state index contributed by atoms with van der Waals surface area (Å²) in [5.74, 6) is 0.810. The van der Waals surface area contributed by atoms with Crippen LogP contribution in [0.2, 0.25) is 0 Å². The summed E-state index contributed by atoms with van der Waals surface area (Å²) in [5.41, 5.74) is 7.02. The predicted octanol–water partition coefficient (Wildman–Crippen LogP) is 5.21. The van der Waals surface area contributed by atoms with Crippen LogP contribution in [0, 0.1) is 13.8 Å². The van der Waals surface area contributed by atoms with E-state index in [-0.39, 0.29) is 0 Å². The monoisotopic (exact) mass is 312 g/mol. The highest BCUT2D eigenvalue weighted by molar-refractivity contribution is 5.49. The van der Waals surface area contributed by atoms with Crippen molar-refractivity contribution in [1.82, 2.24) is 0 Å².